The number of carbonyl (C=O) groups is 2. The van der Waals surface area contributed by atoms with Crippen LogP contribution in [0.25, 0.3) is 11.0 Å². The molecular weight excluding hydrogens is 376 g/mol. The first kappa shape index (κ1) is 18.4. The van der Waals surface area contributed by atoms with Gasteiger partial charge in [0.05, 0.1) is 11.5 Å². The highest BCUT2D eigenvalue weighted by atomic mass is 35.5. The number of anilines is 1. The summed E-state index contributed by atoms with van der Waals surface area (Å²) in [7, 11) is 0. The van der Waals surface area contributed by atoms with Crippen molar-refractivity contribution in [2.24, 2.45) is 0 Å². The minimum absolute atomic E-state index is 0.00573. The van der Waals surface area contributed by atoms with E-state index in [4.69, 9.17) is 20.8 Å². The second kappa shape index (κ2) is 7.46. The Morgan fingerprint density at radius 1 is 1.26 bits per heavy atom. The van der Waals surface area contributed by atoms with Crippen molar-refractivity contribution in [2.75, 3.05) is 11.9 Å². The molecular formula is C18H13ClN2O6. The molecule has 0 saturated heterocycles. The molecule has 1 N–H and O–H groups in total. The van der Waals surface area contributed by atoms with Gasteiger partial charge < -0.3 is 14.5 Å². The lowest BCUT2D eigenvalue weighted by Crippen LogP contribution is -2.15. The zero-order chi connectivity index (χ0) is 19.6. The van der Waals surface area contributed by atoms with Crippen LogP contribution in [0.4, 0.5) is 11.4 Å². The van der Waals surface area contributed by atoms with E-state index < -0.39 is 22.5 Å². The number of nitro benzene ring substituents is 1. The van der Waals surface area contributed by atoms with Crippen LogP contribution in [0.1, 0.15) is 27.8 Å². The van der Waals surface area contributed by atoms with E-state index in [2.05, 4.69) is 5.32 Å². The monoisotopic (exact) mass is 388 g/mol. The van der Waals surface area contributed by atoms with Crippen molar-refractivity contribution in [3.8, 4) is 0 Å². The molecule has 2 aromatic carbocycles. The zero-order valence-electron chi connectivity index (χ0n) is 14.0. The fourth-order valence-corrected chi connectivity index (χ4v) is 2.68. The number of amides is 1. The summed E-state index contributed by atoms with van der Waals surface area (Å²) >= 11 is 5.77. The van der Waals surface area contributed by atoms with Crippen molar-refractivity contribution >= 4 is 45.8 Å². The second-order valence-electron chi connectivity index (χ2n) is 5.40. The Bertz CT molecular complexity index is 1060. The van der Waals surface area contributed by atoms with Crippen LogP contribution in [-0.2, 0) is 4.74 Å². The van der Waals surface area contributed by atoms with Gasteiger partial charge in [0, 0.05) is 17.0 Å². The number of nitrogens with one attached hydrogen (secondary N) is 1. The summed E-state index contributed by atoms with van der Waals surface area (Å²) in [6.07, 6.45) is 0. The summed E-state index contributed by atoms with van der Waals surface area (Å²) in [5, 5.41) is 14.0. The number of esters is 1. The third kappa shape index (κ3) is 3.61. The largest absolute Gasteiger partial charge is 0.460 e. The van der Waals surface area contributed by atoms with Crippen molar-refractivity contribution in [1.29, 1.82) is 0 Å². The van der Waals surface area contributed by atoms with Crippen molar-refractivity contribution in [2.45, 2.75) is 6.92 Å². The van der Waals surface area contributed by atoms with Crippen LogP contribution in [0.5, 0.6) is 0 Å². The molecule has 0 aliphatic rings. The molecule has 0 aliphatic carbocycles. The summed E-state index contributed by atoms with van der Waals surface area (Å²) < 4.78 is 10.5. The Morgan fingerprint density at radius 3 is 2.70 bits per heavy atom. The minimum Gasteiger partial charge on any atom is -0.460 e. The lowest BCUT2D eigenvalue weighted by atomic mass is 10.1. The molecule has 1 heterocycles. The second-order valence-corrected chi connectivity index (χ2v) is 5.81. The number of hydrogen-bond acceptors (Lipinski definition) is 6. The first-order valence-electron chi connectivity index (χ1n) is 7.86. The van der Waals surface area contributed by atoms with E-state index in [0.29, 0.717) is 11.0 Å². The highest BCUT2D eigenvalue weighted by molar-refractivity contribution is 6.32. The molecule has 0 unspecified atom stereocenters. The topological polar surface area (TPSA) is 112 Å². The standard InChI is InChI=1S/C18H13ClN2O6/c1-2-26-18(23)16-15(11-5-3-4-6-14(11)27-16)20-17(22)10-7-8-12(19)13(9-10)21(24)25/h3-9H,2H2,1H3,(H,20,22). The van der Waals surface area contributed by atoms with Gasteiger partial charge in [-0.25, -0.2) is 4.79 Å². The maximum absolute atomic E-state index is 12.6. The summed E-state index contributed by atoms with van der Waals surface area (Å²) in [6, 6.07) is 10.4. The van der Waals surface area contributed by atoms with Crippen molar-refractivity contribution in [3.05, 3.63) is 68.9 Å². The highest BCUT2D eigenvalue weighted by Crippen LogP contribution is 2.32. The number of rotatable bonds is 5. The molecule has 3 rings (SSSR count). The fraction of sp³-hybridized carbons (Fsp3) is 0.111. The highest BCUT2D eigenvalue weighted by Gasteiger charge is 2.24. The number of halogens is 1. The van der Waals surface area contributed by atoms with E-state index >= 15 is 0 Å². The van der Waals surface area contributed by atoms with Crippen LogP contribution in [0.2, 0.25) is 5.02 Å². The molecule has 9 heteroatoms. The van der Waals surface area contributed by atoms with Gasteiger partial charge in [0.25, 0.3) is 11.6 Å². The quantitative estimate of drug-likeness (QED) is 0.393. The minimum atomic E-state index is -0.730. The van der Waals surface area contributed by atoms with E-state index in [1.54, 1.807) is 31.2 Å². The number of para-hydroxylation sites is 1. The van der Waals surface area contributed by atoms with E-state index in [0.717, 1.165) is 6.07 Å². The molecule has 3 aromatic rings. The van der Waals surface area contributed by atoms with Crippen LogP contribution < -0.4 is 5.32 Å². The van der Waals surface area contributed by atoms with E-state index in [-0.39, 0.29) is 28.6 Å². The van der Waals surface area contributed by atoms with Crippen LogP contribution in [-0.4, -0.2) is 23.4 Å². The fourth-order valence-electron chi connectivity index (χ4n) is 2.49. The van der Waals surface area contributed by atoms with E-state index in [1.807, 2.05) is 0 Å². The van der Waals surface area contributed by atoms with Crippen LogP contribution in [0.15, 0.2) is 46.9 Å². The van der Waals surface area contributed by atoms with Crippen molar-refractivity contribution in [3.63, 3.8) is 0 Å². The van der Waals surface area contributed by atoms with E-state index in [1.165, 1.54) is 12.1 Å². The van der Waals surface area contributed by atoms with Crippen LogP contribution in [0.3, 0.4) is 0 Å². The SMILES string of the molecule is CCOC(=O)c1oc2ccccc2c1NC(=O)c1ccc(Cl)c([N+](=O)[O-])c1. The Hall–Kier alpha value is -3.39. The molecule has 27 heavy (non-hydrogen) atoms. The number of fused-ring (bicyclic) bond motifs is 1. The van der Waals surface area contributed by atoms with Crippen molar-refractivity contribution < 1.29 is 23.7 Å². The third-order valence-electron chi connectivity index (χ3n) is 3.70. The Morgan fingerprint density at radius 2 is 2.00 bits per heavy atom. The normalized spacial score (nSPS) is 10.6. The Kier molecular flexibility index (Phi) is 5.09. The molecule has 0 spiro atoms. The molecule has 138 valence electrons. The lowest BCUT2D eigenvalue weighted by Gasteiger charge is -2.06. The zero-order valence-corrected chi connectivity index (χ0v) is 14.8. The van der Waals surface area contributed by atoms with Gasteiger partial charge in [-0.3, -0.25) is 14.9 Å². The number of nitro groups is 1. The molecule has 0 radical (unpaired) electrons. The molecule has 0 aliphatic heterocycles. The number of benzene rings is 2. The van der Waals surface area contributed by atoms with Crippen LogP contribution >= 0.6 is 11.6 Å². The molecule has 1 amide bonds. The molecule has 0 saturated carbocycles. The Balaban J connectivity index is 2.02. The average Bonchev–Trinajstić information content (AvgIpc) is 3.00. The predicted octanol–water partition coefficient (Wildman–Crippen LogP) is 4.42. The van der Waals surface area contributed by atoms with Gasteiger partial charge in [-0.1, -0.05) is 23.7 Å². The summed E-state index contributed by atoms with van der Waals surface area (Å²) in [5.41, 5.74) is 0.128. The first-order valence-corrected chi connectivity index (χ1v) is 8.24. The molecule has 8 nitrogen and oxygen atoms in total. The van der Waals surface area contributed by atoms with Gasteiger partial charge in [0.2, 0.25) is 5.76 Å². The van der Waals surface area contributed by atoms with Gasteiger partial charge in [-0.05, 0) is 31.2 Å². The van der Waals surface area contributed by atoms with Gasteiger partial charge in [0.1, 0.15) is 16.3 Å². The van der Waals surface area contributed by atoms with Gasteiger partial charge in [-0.15, -0.1) is 0 Å². The lowest BCUT2D eigenvalue weighted by molar-refractivity contribution is -0.384. The summed E-state index contributed by atoms with van der Waals surface area (Å²) in [4.78, 5) is 35.1. The van der Waals surface area contributed by atoms with Gasteiger partial charge in [0.15, 0.2) is 0 Å². The Labute approximate surface area is 157 Å². The maximum atomic E-state index is 12.6. The predicted molar refractivity (Wildman–Crippen MR) is 98.2 cm³/mol. The molecule has 1 aromatic heterocycles. The average molecular weight is 389 g/mol. The number of carbonyl (C=O) groups excluding carboxylic acids is 2. The van der Waals surface area contributed by atoms with Crippen molar-refractivity contribution in [1.82, 2.24) is 0 Å². The first-order chi connectivity index (χ1) is 12.9. The molecule has 0 fully saturated rings. The van der Waals surface area contributed by atoms with Crippen LogP contribution in [0, 0.1) is 10.1 Å². The number of nitrogens with zero attached hydrogens (tertiary/aromatic N) is 1. The number of hydrogen-bond donors (Lipinski definition) is 1. The molecule has 0 atom stereocenters. The van der Waals surface area contributed by atoms with Gasteiger partial charge in [-0.2, -0.15) is 0 Å². The number of ether oxygens (including phenoxy) is 1. The summed E-state index contributed by atoms with van der Waals surface area (Å²) in [6.45, 7) is 1.78. The van der Waals surface area contributed by atoms with E-state index in [9.17, 15) is 19.7 Å². The summed E-state index contributed by atoms with van der Waals surface area (Å²) in [5.74, 6) is -1.55. The smallest absolute Gasteiger partial charge is 0.376 e. The number of furan rings is 1. The van der Waals surface area contributed by atoms with Gasteiger partial charge >= 0.3 is 5.97 Å². The third-order valence-corrected chi connectivity index (χ3v) is 4.02. The maximum Gasteiger partial charge on any atom is 0.376 e. The molecule has 0 bridgehead atoms.